The number of amides is 1. The second-order valence-corrected chi connectivity index (χ2v) is 10.1. The summed E-state index contributed by atoms with van der Waals surface area (Å²) < 4.78 is 49.6. The van der Waals surface area contributed by atoms with Gasteiger partial charge in [-0.2, -0.15) is 16.5 Å². The molecule has 1 atom stereocenters. The third kappa shape index (κ3) is 7.77. The summed E-state index contributed by atoms with van der Waals surface area (Å²) >= 11 is 1.45. The van der Waals surface area contributed by atoms with E-state index < -0.39 is 34.5 Å². The number of carbonyl (C=O) groups is 2. The number of thioether (sulfide) groups is 1. The normalized spacial score (nSPS) is 13.5. The van der Waals surface area contributed by atoms with E-state index in [0.29, 0.717) is 48.5 Å². The summed E-state index contributed by atoms with van der Waals surface area (Å²) in [6.45, 7) is 2.52. The first-order chi connectivity index (χ1) is 16.8. The maximum atomic E-state index is 12.9. The van der Waals surface area contributed by atoms with E-state index >= 15 is 0 Å². The second-order valence-electron chi connectivity index (χ2n) is 7.37. The maximum absolute atomic E-state index is 12.9. The second kappa shape index (κ2) is 12.7. The minimum absolute atomic E-state index is 0.0723. The molecule has 190 valence electrons. The highest BCUT2D eigenvalue weighted by molar-refractivity contribution is 7.98. The lowest BCUT2D eigenvalue weighted by atomic mass is 10.2. The lowest BCUT2D eigenvalue weighted by molar-refractivity contribution is -0.149. The molecule has 0 radical (unpaired) electrons. The van der Waals surface area contributed by atoms with Gasteiger partial charge in [0.25, 0.3) is 5.91 Å². The van der Waals surface area contributed by atoms with Crippen molar-refractivity contribution in [3.05, 3.63) is 42.5 Å². The van der Waals surface area contributed by atoms with Gasteiger partial charge in [0.05, 0.1) is 11.5 Å². The quantitative estimate of drug-likeness (QED) is 0.402. The maximum Gasteiger partial charge on any atom is 0.324 e. The van der Waals surface area contributed by atoms with Crippen LogP contribution in [0.3, 0.4) is 0 Å². The van der Waals surface area contributed by atoms with Crippen molar-refractivity contribution in [2.75, 3.05) is 43.8 Å². The monoisotopic (exact) mass is 524 g/mol. The Bertz CT molecular complexity index is 1120. The molecular weight excluding hydrogens is 496 g/mol. The molecule has 0 bridgehead atoms. The first kappa shape index (κ1) is 26.6. The fraction of sp³-hybridized carbons (Fsp3) is 0.391. The summed E-state index contributed by atoms with van der Waals surface area (Å²) in [4.78, 5) is 24.8. The highest BCUT2D eigenvalue weighted by atomic mass is 32.2. The van der Waals surface area contributed by atoms with Crippen molar-refractivity contribution in [2.45, 2.75) is 24.3 Å². The van der Waals surface area contributed by atoms with Gasteiger partial charge < -0.3 is 24.3 Å². The van der Waals surface area contributed by atoms with Crippen LogP contribution in [0.15, 0.2) is 47.4 Å². The smallest absolute Gasteiger partial charge is 0.324 e. The van der Waals surface area contributed by atoms with Crippen molar-refractivity contribution in [1.82, 2.24) is 4.72 Å². The highest BCUT2D eigenvalue weighted by Crippen LogP contribution is 2.32. The summed E-state index contributed by atoms with van der Waals surface area (Å²) in [5.41, 5.74) is 0.507. The molecular formula is C23H28N2O8S2. The number of anilines is 1. The Balaban J connectivity index is 1.60. The number of fused-ring (bicyclic) bond motifs is 1. The molecule has 0 aromatic heterocycles. The molecule has 0 saturated carbocycles. The number of esters is 1. The predicted octanol–water partition coefficient (Wildman–Crippen LogP) is 2.44. The Morgan fingerprint density at radius 1 is 1.09 bits per heavy atom. The van der Waals surface area contributed by atoms with Gasteiger partial charge in [0.15, 0.2) is 18.1 Å². The van der Waals surface area contributed by atoms with Crippen LogP contribution in [0.2, 0.25) is 0 Å². The van der Waals surface area contributed by atoms with Crippen LogP contribution >= 0.6 is 11.8 Å². The molecule has 2 N–H and O–H groups in total. The Morgan fingerprint density at radius 2 is 1.80 bits per heavy atom. The molecule has 0 spiro atoms. The Hall–Kier alpha value is -2.96. The van der Waals surface area contributed by atoms with Gasteiger partial charge in [-0.25, -0.2) is 8.42 Å². The number of nitrogens with one attached hydrogen (secondary N) is 2. The van der Waals surface area contributed by atoms with Crippen molar-refractivity contribution in [3.8, 4) is 17.2 Å². The van der Waals surface area contributed by atoms with Crippen LogP contribution in [0.4, 0.5) is 5.69 Å². The molecule has 2 aromatic carbocycles. The van der Waals surface area contributed by atoms with Gasteiger partial charge in [0.2, 0.25) is 10.0 Å². The SMILES string of the molecule is CCOc1ccc(NC(=O)COC(=O)C(CCSC)NS(=O)(=O)c2ccc3c(c2)OCCO3)cc1. The van der Waals surface area contributed by atoms with Crippen molar-refractivity contribution < 1.29 is 37.0 Å². The summed E-state index contributed by atoms with van der Waals surface area (Å²) in [6, 6.07) is 9.78. The van der Waals surface area contributed by atoms with E-state index in [2.05, 4.69) is 10.0 Å². The fourth-order valence-electron chi connectivity index (χ4n) is 3.14. The van der Waals surface area contributed by atoms with E-state index in [1.807, 2.05) is 13.2 Å². The molecule has 0 saturated heterocycles. The molecule has 1 heterocycles. The van der Waals surface area contributed by atoms with Crippen molar-refractivity contribution in [3.63, 3.8) is 0 Å². The van der Waals surface area contributed by atoms with Crippen LogP contribution < -0.4 is 24.2 Å². The van der Waals surface area contributed by atoms with E-state index in [0.717, 1.165) is 0 Å². The fourth-order valence-corrected chi connectivity index (χ4v) is 4.85. The number of hydrogen-bond donors (Lipinski definition) is 2. The summed E-state index contributed by atoms with van der Waals surface area (Å²) in [7, 11) is -4.07. The zero-order valence-corrected chi connectivity index (χ0v) is 21.1. The molecule has 1 unspecified atom stereocenters. The molecule has 0 aliphatic carbocycles. The number of benzene rings is 2. The van der Waals surface area contributed by atoms with Crippen molar-refractivity contribution in [1.29, 1.82) is 0 Å². The molecule has 1 amide bonds. The third-order valence-electron chi connectivity index (χ3n) is 4.81. The van der Waals surface area contributed by atoms with Crippen molar-refractivity contribution >= 4 is 39.3 Å². The Kier molecular flexibility index (Phi) is 9.64. The highest BCUT2D eigenvalue weighted by Gasteiger charge is 2.28. The number of carbonyl (C=O) groups excluding carboxylic acids is 2. The van der Waals surface area contributed by atoms with Crippen LogP contribution in [-0.4, -0.2) is 64.8 Å². The van der Waals surface area contributed by atoms with Crippen LogP contribution in [0.5, 0.6) is 17.2 Å². The first-order valence-electron chi connectivity index (χ1n) is 10.9. The molecule has 10 nitrogen and oxygen atoms in total. The van der Waals surface area contributed by atoms with E-state index in [1.54, 1.807) is 24.3 Å². The third-order valence-corrected chi connectivity index (χ3v) is 6.92. The van der Waals surface area contributed by atoms with Gasteiger partial charge in [0.1, 0.15) is 25.0 Å². The number of hydrogen-bond acceptors (Lipinski definition) is 9. The minimum Gasteiger partial charge on any atom is -0.494 e. The molecule has 0 fully saturated rings. The average molecular weight is 525 g/mol. The van der Waals surface area contributed by atoms with Gasteiger partial charge in [-0.05, 0) is 61.8 Å². The Morgan fingerprint density at radius 3 is 2.49 bits per heavy atom. The number of rotatable bonds is 12. The van der Waals surface area contributed by atoms with Gasteiger partial charge in [-0.3, -0.25) is 9.59 Å². The van der Waals surface area contributed by atoms with E-state index in [9.17, 15) is 18.0 Å². The summed E-state index contributed by atoms with van der Waals surface area (Å²) in [5.74, 6) is 0.532. The zero-order chi connectivity index (χ0) is 25.3. The number of ether oxygens (including phenoxy) is 4. The standard InChI is InChI=1S/C23H28N2O8S2/c1-3-30-17-6-4-16(5-7-17)24-22(26)15-33-23(27)19(10-13-34-2)25-35(28,29)18-8-9-20-21(14-18)32-12-11-31-20/h4-9,14,19,25H,3,10-13,15H2,1-2H3,(H,24,26). The van der Waals surface area contributed by atoms with E-state index in [4.69, 9.17) is 18.9 Å². The van der Waals surface area contributed by atoms with E-state index in [1.165, 1.54) is 30.0 Å². The van der Waals surface area contributed by atoms with Crippen molar-refractivity contribution in [2.24, 2.45) is 0 Å². The lowest BCUT2D eigenvalue weighted by Gasteiger charge is -2.20. The largest absolute Gasteiger partial charge is 0.494 e. The van der Waals surface area contributed by atoms with Crippen LogP contribution in [-0.2, 0) is 24.3 Å². The molecule has 1 aliphatic rings. The molecule has 1 aliphatic heterocycles. The molecule has 2 aromatic rings. The van der Waals surface area contributed by atoms with Gasteiger partial charge in [0, 0.05) is 11.8 Å². The first-order valence-corrected chi connectivity index (χ1v) is 13.8. The number of sulfonamides is 1. The molecule has 3 rings (SSSR count). The zero-order valence-electron chi connectivity index (χ0n) is 19.4. The molecule has 35 heavy (non-hydrogen) atoms. The lowest BCUT2D eigenvalue weighted by Crippen LogP contribution is -2.43. The summed E-state index contributed by atoms with van der Waals surface area (Å²) in [5, 5.41) is 2.61. The van der Waals surface area contributed by atoms with E-state index in [-0.39, 0.29) is 11.3 Å². The Labute approximate surface area is 208 Å². The van der Waals surface area contributed by atoms with Gasteiger partial charge in [-0.15, -0.1) is 0 Å². The molecule has 12 heteroatoms. The van der Waals surface area contributed by atoms with Gasteiger partial charge in [-0.1, -0.05) is 0 Å². The van der Waals surface area contributed by atoms with Gasteiger partial charge >= 0.3 is 5.97 Å². The minimum atomic E-state index is -4.07. The predicted molar refractivity (Wildman–Crippen MR) is 132 cm³/mol. The van der Waals surface area contributed by atoms with Crippen LogP contribution in [0.1, 0.15) is 13.3 Å². The average Bonchev–Trinajstić information content (AvgIpc) is 2.86. The van der Waals surface area contributed by atoms with Crippen LogP contribution in [0, 0.1) is 0 Å². The summed E-state index contributed by atoms with van der Waals surface area (Å²) in [6.07, 6.45) is 2.02. The topological polar surface area (TPSA) is 129 Å². The van der Waals surface area contributed by atoms with Crippen LogP contribution in [0.25, 0.3) is 0 Å².